The predicted octanol–water partition coefficient (Wildman–Crippen LogP) is 3.07. The van der Waals surface area contributed by atoms with Crippen LogP contribution in [0.3, 0.4) is 0 Å². The number of sulfonamides is 1. The number of nitrogens with two attached hydrogens (primary N) is 1. The highest BCUT2D eigenvalue weighted by Gasteiger charge is 2.23. The summed E-state index contributed by atoms with van der Waals surface area (Å²) in [6.07, 6.45) is 5.43. The lowest BCUT2D eigenvalue weighted by molar-refractivity contribution is 0.400. The summed E-state index contributed by atoms with van der Waals surface area (Å²) in [7, 11) is 0.737. The van der Waals surface area contributed by atoms with E-state index in [0.29, 0.717) is 28.0 Å². The fourth-order valence-corrected chi connectivity index (χ4v) is 5.07. The van der Waals surface area contributed by atoms with Crippen molar-refractivity contribution in [3.8, 4) is 5.75 Å². The summed E-state index contributed by atoms with van der Waals surface area (Å²) in [5.74, 6) is 1.52. The zero-order valence-electron chi connectivity index (χ0n) is 18.7. The Kier molecular flexibility index (Phi) is 6.66. The van der Waals surface area contributed by atoms with Gasteiger partial charge in [-0.05, 0) is 37.8 Å². The van der Waals surface area contributed by atoms with E-state index in [-0.39, 0.29) is 22.7 Å². The third-order valence-corrected chi connectivity index (χ3v) is 7.87. The maximum absolute atomic E-state index is 12.6. The van der Waals surface area contributed by atoms with E-state index >= 15 is 0 Å². The molecule has 4 rings (SSSR count). The van der Waals surface area contributed by atoms with Crippen LogP contribution in [-0.4, -0.2) is 60.6 Å². The van der Waals surface area contributed by atoms with Crippen LogP contribution < -0.4 is 21.1 Å². The predicted molar refractivity (Wildman–Crippen MR) is 129 cm³/mol. The summed E-state index contributed by atoms with van der Waals surface area (Å²) < 4.78 is 33.3. The quantitative estimate of drug-likeness (QED) is 0.458. The van der Waals surface area contributed by atoms with E-state index in [0.717, 1.165) is 30.0 Å². The molecule has 33 heavy (non-hydrogen) atoms. The summed E-state index contributed by atoms with van der Waals surface area (Å²) in [4.78, 5) is 4.71. The molecule has 178 valence electrons. The molecular formula is C21H28ClN7O3S. The third kappa shape index (κ3) is 4.86. The first-order valence-corrected chi connectivity index (χ1v) is 12.4. The molecule has 1 fully saturated rings. The second-order valence-electron chi connectivity index (χ2n) is 8.29. The van der Waals surface area contributed by atoms with Gasteiger partial charge in [0.05, 0.1) is 13.3 Å². The van der Waals surface area contributed by atoms with Crippen LogP contribution in [0.2, 0.25) is 5.02 Å². The van der Waals surface area contributed by atoms with Gasteiger partial charge in [-0.15, -0.1) is 0 Å². The summed E-state index contributed by atoms with van der Waals surface area (Å²) >= 11 is 6.32. The molecule has 1 aliphatic rings. The Labute approximate surface area is 198 Å². The van der Waals surface area contributed by atoms with Gasteiger partial charge in [-0.2, -0.15) is 9.61 Å². The third-order valence-electron chi connectivity index (χ3n) is 5.75. The van der Waals surface area contributed by atoms with Gasteiger partial charge in [-0.25, -0.2) is 17.7 Å². The molecule has 0 saturated heterocycles. The monoisotopic (exact) mass is 493 g/mol. The first-order chi connectivity index (χ1) is 15.7. The van der Waals surface area contributed by atoms with E-state index in [2.05, 4.69) is 20.7 Å². The van der Waals surface area contributed by atoms with E-state index < -0.39 is 10.0 Å². The number of methoxy groups -OCH3 is 1. The molecule has 12 heteroatoms. The Morgan fingerprint density at radius 3 is 2.61 bits per heavy atom. The molecule has 1 aromatic carbocycles. The molecule has 0 spiro atoms. The minimum atomic E-state index is -3.65. The Morgan fingerprint density at radius 2 is 1.94 bits per heavy atom. The first-order valence-electron chi connectivity index (χ1n) is 10.6. The number of hydrogen-bond donors (Lipinski definition) is 3. The van der Waals surface area contributed by atoms with Crippen molar-refractivity contribution in [2.75, 3.05) is 31.8 Å². The van der Waals surface area contributed by atoms with Crippen molar-refractivity contribution >= 4 is 44.6 Å². The SMILES string of the molecule is COc1cc(Nc2cc(N[C@H]3CC[C@H](N)CC3)nc3c(Cl)cnn23)ccc1S(=O)(=O)N(C)C. The van der Waals surface area contributed by atoms with Crippen LogP contribution in [-0.2, 0) is 10.0 Å². The van der Waals surface area contributed by atoms with Crippen molar-refractivity contribution in [1.29, 1.82) is 0 Å². The number of nitrogens with one attached hydrogen (secondary N) is 2. The number of ether oxygens (including phenoxy) is 1. The highest BCUT2D eigenvalue weighted by Crippen LogP contribution is 2.32. The minimum absolute atomic E-state index is 0.0837. The van der Waals surface area contributed by atoms with Crippen LogP contribution in [0.15, 0.2) is 35.4 Å². The van der Waals surface area contributed by atoms with Crippen molar-refractivity contribution in [1.82, 2.24) is 18.9 Å². The fourth-order valence-electron chi connectivity index (χ4n) is 3.87. The van der Waals surface area contributed by atoms with Gasteiger partial charge in [0.15, 0.2) is 5.65 Å². The van der Waals surface area contributed by atoms with Gasteiger partial charge in [0, 0.05) is 44.0 Å². The summed E-state index contributed by atoms with van der Waals surface area (Å²) in [5, 5.41) is 11.5. The molecule has 0 atom stereocenters. The van der Waals surface area contributed by atoms with Crippen molar-refractivity contribution in [3.05, 3.63) is 35.5 Å². The number of anilines is 3. The number of halogens is 1. The molecule has 10 nitrogen and oxygen atoms in total. The van der Waals surface area contributed by atoms with E-state index in [4.69, 9.17) is 22.1 Å². The highest BCUT2D eigenvalue weighted by atomic mass is 35.5. The maximum Gasteiger partial charge on any atom is 0.246 e. The molecule has 1 saturated carbocycles. The van der Waals surface area contributed by atoms with Crippen LogP contribution >= 0.6 is 11.6 Å². The maximum atomic E-state index is 12.6. The molecule has 0 aliphatic heterocycles. The summed E-state index contributed by atoms with van der Waals surface area (Å²) in [5.41, 5.74) is 7.16. The van der Waals surface area contributed by atoms with Crippen molar-refractivity contribution in [3.63, 3.8) is 0 Å². The lowest BCUT2D eigenvalue weighted by Crippen LogP contribution is -2.33. The second kappa shape index (κ2) is 9.34. The topological polar surface area (TPSA) is 127 Å². The lowest BCUT2D eigenvalue weighted by atomic mass is 9.92. The standard InChI is InChI=1S/C21H28ClN7O3S/c1-28(2)33(30,31)18-9-8-15(10-17(18)32-3)26-20-11-19(25-14-6-4-13(23)5-7-14)27-21-16(22)12-24-29(20)21/h8-14,26H,4-7,23H2,1-3H3,(H,25,27)/t13-,14-. The number of rotatable bonds is 7. The van der Waals surface area contributed by atoms with Gasteiger partial charge in [0.1, 0.15) is 27.3 Å². The van der Waals surface area contributed by atoms with Gasteiger partial charge >= 0.3 is 0 Å². The largest absolute Gasteiger partial charge is 0.495 e. The average molecular weight is 494 g/mol. The van der Waals surface area contributed by atoms with Gasteiger partial charge in [0.2, 0.25) is 10.0 Å². The van der Waals surface area contributed by atoms with Gasteiger partial charge in [-0.3, -0.25) is 0 Å². The van der Waals surface area contributed by atoms with Gasteiger partial charge in [-0.1, -0.05) is 11.6 Å². The number of benzene rings is 1. The molecule has 1 aliphatic carbocycles. The molecular weight excluding hydrogens is 466 g/mol. The smallest absolute Gasteiger partial charge is 0.246 e. The van der Waals surface area contributed by atoms with Crippen LogP contribution in [0, 0.1) is 0 Å². The molecule has 0 unspecified atom stereocenters. The molecule has 2 aromatic heterocycles. The Hall–Kier alpha value is -2.60. The first kappa shape index (κ1) is 23.6. The van der Waals surface area contributed by atoms with Crippen LogP contribution in [0.5, 0.6) is 5.75 Å². The van der Waals surface area contributed by atoms with E-state index in [1.165, 1.54) is 33.5 Å². The molecule has 2 heterocycles. The van der Waals surface area contributed by atoms with Crippen molar-refractivity contribution in [2.45, 2.75) is 42.7 Å². The van der Waals surface area contributed by atoms with Gasteiger partial charge in [0.25, 0.3) is 0 Å². The number of fused-ring (bicyclic) bond motifs is 1. The van der Waals surface area contributed by atoms with Crippen LogP contribution in [0.25, 0.3) is 5.65 Å². The zero-order chi connectivity index (χ0) is 23.8. The normalized spacial score (nSPS) is 19.1. The van der Waals surface area contributed by atoms with Crippen molar-refractivity contribution in [2.24, 2.45) is 5.73 Å². The number of hydrogen-bond acceptors (Lipinski definition) is 8. The van der Waals surface area contributed by atoms with E-state index in [9.17, 15) is 8.42 Å². The molecule has 4 N–H and O–H groups in total. The Balaban J connectivity index is 1.67. The second-order valence-corrected chi connectivity index (χ2v) is 10.8. The molecule has 0 bridgehead atoms. The van der Waals surface area contributed by atoms with E-state index in [1.54, 1.807) is 16.6 Å². The number of aromatic nitrogens is 3. The highest BCUT2D eigenvalue weighted by molar-refractivity contribution is 7.89. The average Bonchev–Trinajstić information content (AvgIpc) is 3.16. The van der Waals surface area contributed by atoms with E-state index in [1.807, 2.05) is 6.07 Å². The van der Waals surface area contributed by atoms with Crippen molar-refractivity contribution < 1.29 is 13.2 Å². The lowest BCUT2D eigenvalue weighted by Gasteiger charge is -2.27. The van der Waals surface area contributed by atoms with Crippen LogP contribution in [0.4, 0.5) is 17.3 Å². The summed E-state index contributed by atoms with van der Waals surface area (Å²) in [6, 6.07) is 7.20. The summed E-state index contributed by atoms with van der Waals surface area (Å²) in [6.45, 7) is 0. The molecule has 0 radical (unpaired) electrons. The Bertz CT molecular complexity index is 1250. The molecule has 3 aromatic rings. The van der Waals surface area contributed by atoms with Crippen LogP contribution in [0.1, 0.15) is 25.7 Å². The minimum Gasteiger partial charge on any atom is -0.495 e. The zero-order valence-corrected chi connectivity index (χ0v) is 20.3. The number of nitrogens with zero attached hydrogens (tertiary/aromatic N) is 4. The fraction of sp³-hybridized carbons (Fsp3) is 0.429. The Morgan fingerprint density at radius 1 is 1.21 bits per heavy atom. The molecule has 0 amide bonds. The van der Waals surface area contributed by atoms with Gasteiger partial charge < -0.3 is 21.1 Å².